The number of aliphatic hydroxyl groups is 4. The largest absolute Gasteiger partial charge is 0.481 e. The van der Waals surface area contributed by atoms with Gasteiger partial charge in [-0.1, -0.05) is 34.6 Å². The molecule has 10 unspecified atom stereocenters. The van der Waals surface area contributed by atoms with E-state index in [0.29, 0.717) is 18.4 Å². The van der Waals surface area contributed by atoms with Crippen LogP contribution in [0.2, 0.25) is 0 Å². The van der Waals surface area contributed by atoms with Gasteiger partial charge >= 0.3 is 5.97 Å². The first kappa shape index (κ1) is 30.0. The Bertz CT molecular complexity index is 1150. The van der Waals surface area contributed by atoms with E-state index in [9.17, 15) is 44.7 Å². The summed E-state index contributed by atoms with van der Waals surface area (Å²) in [5.74, 6) is -4.74. The smallest absolute Gasteiger partial charge is 0.306 e. The third kappa shape index (κ3) is 3.86. The highest BCUT2D eigenvalue weighted by atomic mass is 16.4. The van der Waals surface area contributed by atoms with E-state index < -0.39 is 81.4 Å². The van der Waals surface area contributed by atoms with Crippen LogP contribution in [-0.2, 0) is 19.2 Å². The number of carboxylic acid groups (broad SMARTS) is 1. The van der Waals surface area contributed by atoms with Crippen LogP contribution in [0.1, 0.15) is 87.0 Å². The van der Waals surface area contributed by atoms with Gasteiger partial charge in [-0.3, -0.25) is 19.2 Å². The van der Waals surface area contributed by atoms with Crippen LogP contribution in [0, 0.1) is 39.4 Å². The van der Waals surface area contributed by atoms with E-state index in [-0.39, 0.29) is 36.5 Å². The molecule has 4 aliphatic carbocycles. The van der Waals surface area contributed by atoms with Crippen LogP contribution in [0.4, 0.5) is 0 Å². The molecule has 4 rings (SSSR count). The van der Waals surface area contributed by atoms with Crippen molar-refractivity contribution in [3.8, 4) is 0 Å². The first-order chi connectivity index (χ1) is 17.7. The summed E-state index contributed by atoms with van der Waals surface area (Å²) in [6, 6.07) is 0. The molecule has 39 heavy (non-hydrogen) atoms. The van der Waals surface area contributed by atoms with E-state index in [4.69, 9.17) is 0 Å². The maximum absolute atomic E-state index is 14.2. The third-order valence-electron chi connectivity index (χ3n) is 11.7. The van der Waals surface area contributed by atoms with Crippen LogP contribution in [0.3, 0.4) is 0 Å². The molecule has 0 radical (unpaired) electrons. The first-order valence-corrected chi connectivity index (χ1v) is 14.0. The van der Waals surface area contributed by atoms with Gasteiger partial charge in [0.2, 0.25) is 0 Å². The first-order valence-electron chi connectivity index (χ1n) is 14.0. The van der Waals surface area contributed by atoms with Gasteiger partial charge in [0.25, 0.3) is 0 Å². The lowest BCUT2D eigenvalue weighted by atomic mass is 9.41. The summed E-state index contributed by atoms with van der Waals surface area (Å²) in [5, 5.41) is 54.9. The second-order valence-corrected chi connectivity index (χ2v) is 14.3. The lowest BCUT2D eigenvalue weighted by molar-refractivity contribution is -0.169. The monoisotopic (exact) mass is 548 g/mol. The number of carbonyl (C=O) groups excluding carboxylic acids is 3. The molecule has 9 heteroatoms. The number of fused-ring (bicyclic) bond motifs is 4. The molecule has 218 valence electrons. The van der Waals surface area contributed by atoms with Crippen molar-refractivity contribution in [2.45, 2.75) is 111 Å². The topological polar surface area (TPSA) is 169 Å². The Kier molecular flexibility index (Phi) is 6.95. The predicted octanol–water partition coefficient (Wildman–Crippen LogP) is 2.22. The van der Waals surface area contributed by atoms with Gasteiger partial charge in [0.05, 0.1) is 29.1 Å². The minimum Gasteiger partial charge on any atom is -0.481 e. The van der Waals surface area contributed by atoms with Crippen molar-refractivity contribution in [3.63, 3.8) is 0 Å². The number of carboxylic acids is 1. The Balaban J connectivity index is 1.83. The fourth-order valence-electron chi connectivity index (χ4n) is 9.16. The molecule has 0 amide bonds. The fraction of sp³-hybridized carbons (Fsp3) is 0.800. The summed E-state index contributed by atoms with van der Waals surface area (Å²) in [7, 11) is 0. The second-order valence-electron chi connectivity index (χ2n) is 14.3. The Labute approximate surface area is 229 Å². The maximum Gasteiger partial charge on any atom is 0.306 e. The predicted molar refractivity (Wildman–Crippen MR) is 140 cm³/mol. The Morgan fingerprint density at radius 2 is 1.67 bits per heavy atom. The Hall–Kier alpha value is -1.94. The standard InChI is InChI=1S/C30H44O9/c1-14(25(37)38)10-15(31)13-28(5,39)18-12-20(34)30(7)21-16(32)11-17-26(2,3)19(33)8-9-27(17,4)22(21)23(35)24(36)29(18,30)6/h14,16-19,24,32-33,36,39H,8-13H2,1-7H3,(H,37,38). The average molecular weight is 549 g/mol. The number of ketones is 3. The summed E-state index contributed by atoms with van der Waals surface area (Å²) in [5.41, 5.74) is -5.62. The number of aliphatic carboxylic acids is 1. The molecule has 2 fully saturated rings. The summed E-state index contributed by atoms with van der Waals surface area (Å²) < 4.78 is 0. The minimum absolute atomic E-state index is 0.208. The third-order valence-corrected chi connectivity index (χ3v) is 11.7. The van der Waals surface area contributed by atoms with Gasteiger partial charge in [0.1, 0.15) is 17.7 Å². The zero-order valence-electron chi connectivity index (χ0n) is 24.1. The summed E-state index contributed by atoms with van der Waals surface area (Å²) in [6.45, 7) is 11.8. The second kappa shape index (κ2) is 9.03. The van der Waals surface area contributed by atoms with Crippen molar-refractivity contribution in [1.29, 1.82) is 0 Å². The van der Waals surface area contributed by atoms with Gasteiger partial charge in [-0.25, -0.2) is 0 Å². The number of carbonyl (C=O) groups is 4. The van der Waals surface area contributed by atoms with E-state index in [1.54, 1.807) is 13.8 Å². The molecule has 4 aliphatic rings. The van der Waals surface area contributed by atoms with Gasteiger partial charge in [-0.15, -0.1) is 0 Å². The molecule has 9 nitrogen and oxygen atoms in total. The van der Waals surface area contributed by atoms with Gasteiger partial charge in [0, 0.05) is 36.2 Å². The molecule has 0 aromatic carbocycles. The van der Waals surface area contributed by atoms with Gasteiger partial charge in [-0.2, -0.15) is 0 Å². The average Bonchev–Trinajstić information content (AvgIpc) is 3.04. The number of rotatable bonds is 6. The van der Waals surface area contributed by atoms with Crippen LogP contribution in [0.15, 0.2) is 11.1 Å². The summed E-state index contributed by atoms with van der Waals surface area (Å²) in [6.07, 6.45) is -3.25. The minimum atomic E-state index is -1.82. The van der Waals surface area contributed by atoms with Crippen molar-refractivity contribution in [2.24, 2.45) is 39.4 Å². The number of aliphatic hydroxyl groups excluding tert-OH is 3. The molecule has 0 aromatic rings. The van der Waals surface area contributed by atoms with Crippen LogP contribution in [-0.4, -0.2) is 72.8 Å². The van der Waals surface area contributed by atoms with Gasteiger partial charge < -0.3 is 25.5 Å². The van der Waals surface area contributed by atoms with E-state index >= 15 is 0 Å². The molecule has 0 spiro atoms. The van der Waals surface area contributed by atoms with Crippen LogP contribution < -0.4 is 0 Å². The molecule has 0 aliphatic heterocycles. The normalized spacial score (nSPS) is 43.7. The fourth-order valence-corrected chi connectivity index (χ4v) is 9.16. The molecule has 0 bridgehead atoms. The van der Waals surface area contributed by atoms with Crippen molar-refractivity contribution in [3.05, 3.63) is 11.1 Å². The molecule has 0 aromatic heterocycles. The zero-order valence-corrected chi connectivity index (χ0v) is 24.1. The summed E-state index contributed by atoms with van der Waals surface area (Å²) >= 11 is 0. The Morgan fingerprint density at radius 3 is 2.23 bits per heavy atom. The van der Waals surface area contributed by atoms with Crippen molar-refractivity contribution in [2.75, 3.05) is 0 Å². The highest BCUT2D eigenvalue weighted by Gasteiger charge is 2.74. The SMILES string of the molecule is CC(CC(=O)CC(C)(O)C1CC(=O)C2(C)C3=C(C(=O)C(O)C12C)C1(C)CCC(O)C(C)(C)C1CC3O)C(=O)O. The molecule has 0 heterocycles. The number of Topliss-reactive ketones (excluding diaryl/α,β-unsaturated/α-hetero) is 3. The maximum atomic E-state index is 14.2. The highest BCUT2D eigenvalue weighted by Crippen LogP contribution is 2.71. The molecule has 5 N–H and O–H groups in total. The number of hydrogen-bond donors (Lipinski definition) is 5. The molecule has 0 saturated heterocycles. The zero-order chi connectivity index (χ0) is 29.7. The lowest BCUT2D eigenvalue weighted by Crippen LogP contribution is -2.66. The van der Waals surface area contributed by atoms with E-state index in [1.165, 1.54) is 13.8 Å². The van der Waals surface area contributed by atoms with Crippen LogP contribution in [0.25, 0.3) is 0 Å². The van der Waals surface area contributed by atoms with Crippen LogP contribution in [0.5, 0.6) is 0 Å². The van der Waals surface area contributed by atoms with Gasteiger partial charge in [-0.05, 0) is 55.4 Å². The van der Waals surface area contributed by atoms with Crippen LogP contribution >= 0.6 is 0 Å². The van der Waals surface area contributed by atoms with Crippen molar-refractivity contribution >= 4 is 23.3 Å². The van der Waals surface area contributed by atoms with E-state index in [0.717, 1.165) is 0 Å². The molecule has 10 atom stereocenters. The van der Waals surface area contributed by atoms with Gasteiger partial charge in [0.15, 0.2) is 5.78 Å². The Morgan fingerprint density at radius 1 is 1.08 bits per heavy atom. The summed E-state index contributed by atoms with van der Waals surface area (Å²) in [4.78, 5) is 52.1. The molecule has 2 saturated carbocycles. The molecular weight excluding hydrogens is 504 g/mol. The van der Waals surface area contributed by atoms with Crippen molar-refractivity contribution in [1.82, 2.24) is 0 Å². The number of hydrogen-bond acceptors (Lipinski definition) is 8. The quantitative estimate of drug-likeness (QED) is 0.334. The highest BCUT2D eigenvalue weighted by molar-refractivity contribution is 6.08. The molecular formula is C30H44O9. The van der Waals surface area contributed by atoms with E-state index in [2.05, 4.69) is 0 Å². The van der Waals surface area contributed by atoms with E-state index in [1.807, 2.05) is 20.8 Å². The lowest BCUT2D eigenvalue weighted by Gasteiger charge is -2.62. The van der Waals surface area contributed by atoms with Crippen molar-refractivity contribution < 1.29 is 44.7 Å².